The van der Waals surface area contributed by atoms with Crippen molar-refractivity contribution in [2.75, 3.05) is 0 Å². The molecule has 2 aromatic rings. The highest BCUT2D eigenvalue weighted by molar-refractivity contribution is 6.36. The van der Waals surface area contributed by atoms with Crippen LogP contribution in [0.3, 0.4) is 0 Å². The van der Waals surface area contributed by atoms with Crippen LogP contribution in [0.5, 0.6) is 0 Å². The van der Waals surface area contributed by atoms with Crippen LogP contribution in [0.1, 0.15) is 0 Å². The third-order valence-electron chi connectivity index (χ3n) is 2.84. The number of hydrogen-bond acceptors (Lipinski definition) is 3. The van der Waals surface area contributed by atoms with E-state index in [0.717, 1.165) is 5.39 Å². The van der Waals surface area contributed by atoms with Crippen molar-refractivity contribution in [1.82, 2.24) is 9.97 Å². The lowest BCUT2D eigenvalue weighted by Crippen LogP contribution is -2.01. The van der Waals surface area contributed by atoms with Gasteiger partial charge in [0.15, 0.2) is 0 Å². The molecule has 2 N–H and O–H groups in total. The van der Waals surface area contributed by atoms with E-state index in [2.05, 4.69) is 20.8 Å². The van der Waals surface area contributed by atoms with Gasteiger partial charge in [-0.3, -0.25) is 5.41 Å². The Morgan fingerprint density at radius 1 is 1.30 bits per heavy atom. The van der Waals surface area contributed by atoms with Crippen molar-refractivity contribution in [1.29, 1.82) is 5.41 Å². The summed E-state index contributed by atoms with van der Waals surface area (Å²) in [5, 5.41) is 9.09. The van der Waals surface area contributed by atoms with E-state index in [-0.39, 0.29) is 0 Å². The van der Waals surface area contributed by atoms with Crippen molar-refractivity contribution in [2.45, 2.75) is 0 Å². The topological polar surface area (TPSA) is 64.9 Å². The smallest absolute Gasteiger partial charge is 0.139 e. The molecule has 6 heteroatoms. The molecule has 0 bridgehead atoms. The van der Waals surface area contributed by atoms with E-state index in [1.165, 1.54) is 6.20 Å². The Labute approximate surface area is 124 Å². The lowest BCUT2D eigenvalue weighted by molar-refractivity contribution is 1.32. The van der Waals surface area contributed by atoms with Gasteiger partial charge < -0.3 is 4.98 Å². The summed E-state index contributed by atoms with van der Waals surface area (Å²) in [6.07, 6.45) is 8.37. The fourth-order valence-electron chi connectivity index (χ4n) is 1.91. The fraction of sp³-hybridized carbons (Fsp3) is 0. The molecule has 0 unspecified atom stereocenters. The van der Waals surface area contributed by atoms with E-state index in [9.17, 15) is 0 Å². The summed E-state index contributed by atoms with van der Waals surface area (Å²) in [5.74, 6) is 2.34. The monoisotopic (exact) mass is 302 g/mol. The van der Waals surface area contributed by atoms with Crippen molar-refractivity contribution < 1.29 is 0 Å². The van der Waals surface area contributed by atoms with E-state index >= 15 is 0 Å². The number of fused-ring (bicyclic) bond motifs is 1. The molecule has 20 heavy (non-hydrogen) atoms. The van der Waals surface area contributed by atoms with E-state index in [4.69, 9.17) is 28.6 Å². The molecule has 2 heterocycles. The Kier molecular flexibility index (Phi) is 3.28. The molecule has 4 nitrogen and oxygen atoms in total. The van der Waals surface area contributed by atoms with Gasteiger partial charge in [0, 0.05) is 16.6 Å². The summed E-state index contributed by atoms with van der Waals surface area (Å²) < 4.78 is 0. The number of aromatic amines is 1. The molecule has 2 aromatic heterocycles. The number of rotatable bonds is 1. The van der Waals surface area contributed by atoms with Crippen LogP contribution >= 0.6 is 23.2 Å². The minimum atomic E-state index is 0.438. The van der Waals surface area contributed by atoms with Crippen molar-refractivity contribution in [3.8, 4) is 0 Å². The molecular formula is C14H8Cl2N4. The normalized spacial score (nSPS) is 16.6. The second-order valence-corrected chi connectivity index (χ2v) is 4.94. The van der Waals surface area contributed by atoms with Crippen LogP contribution in [0, 0.1) is 5.41 Å². The van der Waals surface area contributed by atoms with Gasteiger partial charge in [-0.05, 0) is 30.2 Å². The molecule has 0 fully saturated rings. The molecule has 0 aromatic carbocycles. The third kappa shape index (κ3) is 2.21. The summed E-state index contributed by atoms with van der Waals surface area (Å²) in [4.78, 5) is 11.7. The number of nitrogens with zero attached hydrogens (tertiary/aromatic N) is 2. The van der Waals surface area contributed by atoms with Crippen LogP contribution in [-0.2, 0) is 0 Å². The second-order valence-electron chi connectivity index (χ2n) is 4.09. The van der Waals surface area contributed by atoms with Crippen LogP contribution in [0.25, 0.3) is 11.0 Å². The zero-order chi connectivity index (χ0) is 14.1. The maximum atomic E-state index is 7.30. The number of H-pyrrole nitrogens is 1. The van der Waals surface area contributed by atoms with E-state index in [1.807, 2.05) is 6.07 Å². The van der Waals surface area contributed by atoms with Crippen LogP contribution < -0.4 is 0 Å². The fourth-order valence-corrected chi connectivity index (χ4v) is 2.27. The number of aliphatic imine (C=N–C) groups is 1. The van der Waals surface area contributed by atoms with Gasteiger partial charge in [0.1, 0.15) is 5.65 Å². The van der Waals surface area contributed by atoms with Crippen molar-refractivity contribution >= 4 is 51.5 Å². The Balaban J connectivity index is 2.24. The standard InChI is InChI=1S/C14H8Cl2N4/c15-9-2-1-8(6-17)12(5-9)20-13-10-3-4-18-14(10)19-7-11(13)16/h1-5,7,17H,(H,18,19). The predicted molar refractivity (Wildman–Crippen MR) is 82.5 cm³/mol. The highest BCUT2D eigenvalue weighted by Gasteiger charge is 2.12. The van der Waals surface area contributed by atoms with Gasteiger partial charge in [0.05, 0.1) is 28.2 Å². The molecule has 0 spiro atoms. The highest BCUT2D eigenvalue weighted by Crippen LogP contribution is 2.33. The Bertz CT molecular complexity index is 836. The van der Waals surface area contributed by atoms with Gasteiger partial charge in [-0.25, -0.2) is 9.98 Å². The molecule has 0 atom stereocenters. The number of allylic oxidation sites excluding steroid dienone is 5. The summed E-state index contributed by atoms with van der Waals surface area (Å²) >= 11 is 12.2. The summed E-state index contributed by atoms with van der Waals surface area (Å²) in [7, 11) is 0. The number of pyridine rings is 1. The van der Waals surface area contributed by atoms with Gasteiger partial charge >= 0.3 is 0 Å². The summed E-state index contributed by atoms with van der Waals surface area (Å²) in [6, 6.07) is 1.85. The minimum absolute atomic E-state index is 0.438. The molecule has 0 saturated heterocycles. The van der Waals surface area contributed by atoms with Gasteiger partial charge in [0.25, 0.3) is 0 Å². The van der Waals surface area contributed by atoms with Crippen molar-refractivity contribution in [3.63, 3.8) is 0 Å². The van der Waals surface area contributed by atoms with Gasteiger partial charge in [-0.1, -0.05) is 23.2 Å². The molecule has 1 aliphatic carbocycles. The molecule has 3 rings (SSSR count). The Morgan fingerprint density at radius 2 is 2.15 bits per heavy atom. The molecule has 0 radical (unpaired) electrons. The first-order chi connectivity index (χ1) is 9.69. The lowest BCUT2D eigenvalue weighted by Gasteiger charge is -2.07. The predicted octanol–water partition coefficient (Wildman–Crippen LogP) is 4.16. The summed E-state index contributed by atoms with van der Waals surface area (Å²) in [6.45, 7) is 0. The molecule has 1 aliphatic rings. The SMILES string of the molecule is N=C=C1C=CC(Cl)=CC1=Nc1c(Cl)cnc2[nH]ccc12. The Morgan fingerprint density at radius 3 is 2.95 bits per heavy atom. The first-order valence-corrected chi connectivity index (χ1v) is 6.50. The Hall–Kier alpha value is -2.13. The first-order valence-electron chi connectivity index (χ1n) is 5.74. The second kappa shape index (κ2) is 5.10. The first kappa shape index (κ1) is 12.9. The lowest BCUT2D eigenvalue weighted by atomic mass is 10.1. The van der Waals surface area contributed by atoms with E-state index in [1.54, 1.807) is 24.4 Å². The molecule has 98 valence electrons. The number of aromatic nitrogens is 2. The van der Waals surface area contributed by atoms with Crippen molar-refractivity contribution in [3.05, 3.63) is 52.3 Å². The van der Waals surface area contributed by atoms with E-state index < -0.39 is 0 Å². The number of hydrogen-bond donors (Lipinski definition) is 2. The zero-order valence-electron chi connectivity index (χ0n) is 10.1. The highest BCUT2D eigenvalue weighted by atomic mass is 35.5. The molecule has 0 amide bonds. The zero-order valence-corrected chi connectivity index (χ0v) is 11.6. The van der Waals surface area contributed by atoms with Gasteiger partial charge in [-0.2, -0.15) is 0 Å². The average Bonchev–Trinajstić information content (AvgIpc) is 2.91. The maximum Gasteiger partial charge on any atom is 0.139 e. The quantitative estimate of drug-likeness (QED) is 0.763. The molecule has 0 aliphatic heterocycles. The minimum Gasteiger partial charge on any atom is -0.346 e. The summed E-state index contributed by atoms with van der Waals surface area (Å²) in [5.41, 5.74) is 2.39. The van der Waals surface area contributed by atoms with Gasteiger partial charge in [-0.15, -0.1) is 0 Å². The number of halogens is 2. The largest absolute Gasteiger partial charge is 0.346 e. The van der Waals surface area contributed by atoms with Crippen molar-refractivity contribution in [2.24, 2.45) is 4.99 Å². The van der Waals surface area contributed by atoms with Gasteiger partial charge in [0.2, 0.25) is 0 Å². The van der Waals surface area contributed by atoms with Crippen LogP contribution in [0.4, 0.5) is 5.69 Å². The molecule has 0 saturated carbocycles. The third-order valence-corrected chi connectivity index (χ3v) is 3.35. The molecular weight excluding hydrogens is 295 g/mol. The van der Waals surface area contributed by atoms with Crippen LogP contribution in [0.2, 0.25) is 5.02 Å². The number of nitrogens with one attached hydrogen (secondary N) is 2. The maximum absolute atomic E-state index is 7.30. The average molecular weight is 303 g/mol. The van der Waals surface area contributed by atoms with Crippen LogP contribution in [0.15, 0.2) is 52.3 Å². The van der Waals surface area contributed by atoms with Crippen LogP contribution in [-0.4, -0.2) is 21.5 Å². The van der Waals surface area contributed by atoms with E-state index in [0.29, 0.717) is 32.7 Å².